The van der Waals surface area contributed by atoms with Crippen LogP contribution in [0, 0.1) is 12.7 Å². The van der Waals surface area contributed by atoms with Crippen LogP contribution in [0.15, 0.2) is 24.4 Å². The van der Waals surface area contributed by atoms with Crippen molar-refractivity contribution in [3.63, 3.8) is 0 Å². The molecule has 1 aliphatic rings. The van der Waals surface area contributed by atoms with Crippen molar-refractivity contribution < 1.29 is 9.18 Å². The summed E-state index contributed by atoms with van der Waals surface area (Å²) in [5.74, 6) is 1.11. The van der Waals surface area contributed by atoms with E-state index in [4.69, 9.17) is 0 Å². The molecule has 1 fully saturated rings. The van der Waals surface area contributed by atoms with Crippen LogP contribution in [0.4, 0.5) is 10.2 Å². The number of carbonyl (C=O) groups excluding carboxylic acids is 1. The van der Waals surface area contributed by atoms with Crippen LogP contribution < -0.4 is 5.32 Å². The number of H-pyrrole nitrogens is 1. The molecule has 1 aliphatic carbocycles. The van der Waals surface area contributed by atoms with Crippen molar-refractivity contribution in [3.05, 3.63) is 41.6 Å². The van der Waals surface area contributed by atoms with Crippen LogP contribution in [0.5, 0.6) is 0 Å². The van der Waals surface area contributed by atoms with Crippen molar-refractivity contribution in [3.8, 4) is 0 Å². The lowest BCUT2D eigenvalue weighted by Crippen LogP contribution is -2.18. The molecule has 3 aromatic rings. The summed E-state index contributed by atoms with van der Waals surface area (Å²) < 4.78 is 15.2. The maximum atomic E-state index is 13.3. The molecule has 2 heterocycles. The molecule has 0 spiro atoms. The van der Waals surface area contributed by atoms with Gasteiger partial charge in [-0.25, -0.2) is 14.1 Å². The monoisotopic (exact) mass is 355 g/mol. The number of imidazole rings is 1. The minimum absolute atomic E-state index is 0.0699. The van der Waals surface area contributed by atoms with Gasteiger partial charge in [0.1, 0.15) is 17.5 Å². The normalized spacial score (nSPS) is 15.0. The van der Waals surface area contributed by atoms with Crippen molar-refractivity contribution in [1.29, 1.82) is 0 Å². The van der Waals surface area contributed by atoms with Gasteiger partial charge in [0.2, 0.25) is 5.91 Å². The third kappa shape index (κ3) is 3.34. The van der Waals surface area contributed by atoms with E-state index in [9.17, 15) is 9.18 Å². The van der Waals surface area contributed by atoms with Gasteiger partial charge in [-0.2, -0.15) is 5.10 Å². The molecule has 1 amide bonds. The van der Waals surface area contributed by atoms with Crippen molar-refractivity contribution in [2.45, 2.75) is 51.5 Å². The highest BCUT2D eigenvalue weighted by Gasteiger charge is 2.22. The maximum absolute atomic E-state index is 13.3. The highest BCUT2D eigenvalue weighted by Crippen LogP contribution is 2.32. The molecule has 26 heavy (non-hydrogen) atoms. The molecule has 6 nitrogen and oxygen atoms in total. The van der Waals surface area contributed by atoms with Crippen molar-refractivity contribution >= 4 is 22.8 Å². The number of nitrogens with zero attached hydrogens (tertiary/aromatic N) is 3. The number of amides is 1. The fourth-order valence-electron chi connectivity index (χ4n) is 3.61. The number of hydrogen-bond donors (Lipinski definition) is 2. The Balaban J connectivity index is 1.41. The highest BCUT2D eigenvalue weighted by atomic mass is 19.1. The SMILES string of the molecule is Cc1cnn(C2CCCC2)c1NC(=O)CCc1nc2ccc(F)cc2[nH]1. The standard InChI is InChI=1S/C19H22FN5O/c1-12-11-21-25(14-4-2-3-5-14)19(12)24-18(26)9-8-17-22-15-7-6-13(20)10-16(15)23-17/h6-7,10-11,14H,2-5,8-9H2,1H3,(H,22,23)(H,24,26). The lowest BCUT2D eigenvalue weighted by Gasteiger charge is -2.15. The number of anilines is 1. The van der Waals surface area contributed by atoms with Crippen LogP contribution >= 0.6 is 0 Å². The zero-order valence-electron chi connectivity index (χ0n) is 14.8. The molecule has 0 saturated heterocycles. The molecule has 1 saturated carbocycles. The molecule has 7 heteroatoms. The number of aromatic amines is 1. The fraction of sp³-hybridized carbons (Fsp3) is 0.421. The van der Waals surface area contributed by atoms with Crippen molar-refractivity contribution in [2.75, 3.05) is 5.32 Å². The summed E-state index contributed by atoms with van der Waals surface area (Å²) in [6, 6.07) is 4.81. The molecular weight excluding hydrogens is 333 g/mol. The number of fused-ring (bicyclic) bond motifs is 1. The number of rotatable bonds is 5. The van der Waals surface area contributed by atoms with Crippen molar-refractivity contribution in [1.82, 2.24) is 19.7 Å². The van der Waals surface area contributed by atoms with Gasteiger partial charge in [0.25, 0.3) is 0 Å². The van der Waals surface area contributed by atoms with E-state index >= 15 is 0 Å². The van der Waals surface area contributed by atoms with E-state index in [2.05, 4.69) is 20.4 Å². The van der Waals surface area contributed by atoms with Crippen LogP contribution in [0.3, 0.4) is 0 Å². The molecule has 0 radical (unpaired) electrons. The summed E-state index contributed by atoms with van der Waals surface area (Å²) >= 11 is 0. The van der Waals surface area contributed by atoms with Crippen LogP contribution in [0.25, 0.3) is 11.0 Å². The molecule has 0 unspecified atom stereocenters. The Kier molecular flexibility index (Phi) is 4.44. The number of carbonyl (C=O) groups is 1. The fourth-order valence-corrected chi connectivity index (χ4v) is 3.61. The van der Waals surface area contributed by atoms with Gasteiger partial charge in [-0.1, -0.05) is 12.8 Å². The van der Waals surface area contributed by atoms with E-state index < -0.39 is 0 Å². The molecule has 0 aliphatic heterocycles. The van der Waals surface area contributed by atoms with Gasteiger partial charge in [-0.3, -0.25) is 4.79 Å². The number of halogens is 1. The van der Waals surface area contributed by atoms with Crippen LogP contribution in [-0.4, -0.2) is 25.7 Å². The zero-order valence-corrected chi connectivity index (χ0v) is 14.8. The second kappa shape index (κ2) is 6.90. The number of aryl methyl sites for hydroxylation is 2. The van der Waals surface area contributed by atoms with Gasteiger partial charge in [0, 0.05) is 18.4 Å². The molecule has 0 bridgehead atoms. The van der Waals surface area contributed by atoms with Gasteiger partial charge >= 0.3 is 0 Å². The third-order valence-electron chi connectivity index (χ3n) is 4.99. The highest BCUT2D eigenvalue weighted by molar-refractivity contribution is 5.90. The predicted octanol–water partition coefficient (Wildman–Crippen LogP) is 3.89. The first-order valence-corrected chi connectivity index (χ1v) is 9.08. The van der Waals surface area contributed by atoms with Crippen LogP contribution in [0.2, 0.25) is 0 Å². The lowest BCUT2D eigenvalue weighted by atomic mass is 10.2. The summed E-state index contributed by atoms with van der Waals surface area (Å²) in [6.45, 7) is 1.96. The topological polar surface area (TPSA) is 75.6 Å². The quantitative estimate of drug-likeness (QED) is 0.729. The largest absolute Gasteiger partial charge is 0.342 e. The Bertz CT molecular complexity index is 939. The lowest BCUT2D eigenvalue weighted by molar-refractivity contribution is -0.116. The average Bonchev–Trinajstić information content (AvgIpc) is 3.33. The van der Waals surface area contributed by atoms with E-state index in [0.717, 1.165) is 24.2 Å². The summed E-state index contributed by atoms with van der Waals surface area (Å²) in [7, 11) is 0. The minimum Gasteiger partial charge on any atom is -0.342 e. The van der Waals surface area contributed by atoms with E-state index in [-0.39, 0.29) is 11.7 Å². The van der Waals surface area contributed by atoms with Gasteiger partial charge < -0.3 is 10.3 Å². The van der Waals surface area contributed by atoms with E-state index in [1.54, 1.807) is 6.07 Å². The Labute approximate surface area is 150 Å². The molecular formula is C19H22FN5O. The number of benzene rings is 1. The second-order valence-electron chi connectivity index (χ2n) is 6.95. The molecule has 2 N–H and O–H groups in total. The number of nitrogens with one attached hydrogen (secondary N) is 2. The molecule has 1 aromatic carbocycles. The maximum Gasteiger partial charge on any atom is 0.225 e. The summed E-state index contributed by atoms with van der Waals surface area (Å²) in [5.41, 5.74) is 2.33. The summed E-state index contributed by atoms with van der Waals surface area (Å²) in [5, 5.41) is 7.46. The predicted molar refractivity (Wildman–Crippen MR) is 97.5 cm³/mol. The first kappa shape index (κ1) is 16.8. The Morgan fingerprint density at radius 1 is 1.38 bits per heavy atom. The first-order chi connectivity index (χ1) is 12.6. The van der Waals surface area contributed by atoms with E-state index in [1.807, 2.05) is 17.8 Å². The smallest absolute Gasteiger partial charge is 0.225 e. The minimum atomic E-state index is -0.305. The summed E-state index contributed by atoms with van der Waals surface area (Å²) in [6.07, 6.45) is 7.23. The van der Waals surface area contributed by atoms with E-state index in [0.29, 0.717) is 35.7 Å². The van der Waals surface area contributed by atoms with Crippen molar-refractivity contribution in [2.24, 2.45) is 0 Å². The molecule has 136 valence electrons. The molecule has 2 aromatic heterocycles. The average molecular weight is 355 g/mol. The second-order valence-corrected chi connectivity index (χ2v) is 6.95. The Morgan fingerprint density at radius 2 is 2.19 bits per heavy atom. The Hall–Kier alpha value is -2.70. The Morgan fingerprint density at radius 3 is 3.00 bits per heavy atom. The van der Waals surface area contributed by atoms with Crippen LogP contribution in [-0.2, 0) is 11.2 Å². The van der Waals surface area contributed by atoms with Gasteiger partial charge in [-0.05, 0) is 38.0 Å². The van der Waals surface area contributed by atoms with Gasteiger partial charge in [0.05, 0.1) is 23.3 Å². The zero-order chi connectivity index (χ0) is 18.1. The van der Waals surface area contributed by atoms with Gasteiger partial charge in [0.15, 0.2) is 0 Å². The third-order valence-corrected chi connectivity index (χ3v) is 4.99. The molecule has 0 atom stereocenters. The number of hydrogen-bond acceptors (Lipinski definition) is 3. The van der Waals surface area contributed by atoms with E-state index in [1.165, 1.54) is 25.0 Å². The molecule has 4 rings (SSSR count). The number of aromatic nitrogens is 4. The van der Waals surface area contributed by atoms with Crippen LogP contribution in [0.1, 0.15) is 49.5 Å². The first-order valence-electron chi connectivity index (χ1n) is 9.08. The summed E-state index contributed by atoms with van der Waals surface area (Å²) in [4.78, 5) is 19.9. The van der Waals surface area contributed by atoms with Gasteiger partial charge in [-0.15, -0.1) is 0 Å².